The van der Waals surface area contributed by atoms with Crippen LogP contribution in [0, 0.1) is 0 Å². The third-order valence-corrected chi connectivity index (χ3v) is 5.56. The van der Waals surface area contributed by atoms with E-state index in [1.54, 1.807) is 11.3 Å². The Morgan fingerprint density at radius 2 is 1.48 bits per heavy atom. The van der Waals surface area contributed by atoms with Crippen LogP contribution in [0.15, 0.2) is 42.5 Å². The number of benzene rings is 2. The fraction of sp³-hybridized carbons (Fsp3) is 0.435. The van der Waals surface area contributed by atoms with Gasteiger partial charge in [-0.3, -0.25) is 0 Å². The van der Waals surface area contributed by atoms with Crippen molar-refractivity contribution in [3.63, 3.8) is 0 Å². The van der Waals surface area contributed by atoms with Gasteiger partial charge < -0.3 is 29.6 Å². The fourth-order valence-corrected chi connectivity index (χ4v) is 3.86. The van der Waals surface area contributed by atoms with Gasteiger partial charge in [-0.2, -0.15) is 0 Å². The summed E-state index contributed by atoms with van der Waals surface area (Å²) in [5.41, 5.74) is 8.62. The van der Waals surface area contributed by atoms with Gasteiger partial charge in [0, 0.05) is 31.9 Å². The molecule has 31 heavy (non-hydrogen) atoms. The Labute approximate surface area is 187 Å². The number of nitrogens with two attached hydrogens (primary N) is 1. The molecule has 2 aromatic carbocycles. The Morgan fingerprint density at radius 3 is 2.13 bits per heavy atom. The lowest BCUT2D eigenvalue weighted by molar-refractivity contribution is 0.0106. The summed E-state index contributed by atoms with van der Waals surface area (Å²) >= 11 is 1.67. The average Bonchev–Trinajstić information content (AvgIpc) is 3.21. The van der Waals surface area contributed by atoms with E-state index in [2.05, 4.69) is 29.2 Å². The molecule has 0 unspecified atom stereocenters. The molecule has 0 radical (unpaired) electrons. The summed E-state index contributed by atoms with van der Waals surface area (Å²) in [4.78, 5) is 6.84. The summed E-state index contributed by atoms with van der Waals surface area (Å²) in [5.74, 6) is 0.822. The van der Waals surface area contributed by atoms with Gasteiger partial charge in [0.1, 0.15) is 17.4 Å². The van der Waals surface area contributed by atoms with Crippen LogP contribution < -0.4 is 15.4 Å². The molecule has 0 bridgehead atoms. The van der Waals surface area contributed by atoms with Crippen LogP contribution >= 0.6 is 11.3 Å². The van der Waals surface area contributed by atoms with Crippen LogP contribution in [-0.4, -0.2) is 71.9 Å². The molecule has 1 aromatic heterocycles. The maximum Gasteiger partial charge on any atom is 0.124 e. The monoisotopic (exact) mass is 445 g/mol. The zero-order valence-electron chi connectivity index (χ0n) is 18.2. The Kier molecular flexibility index (Phi) is 9.51. The van der Waals surface area contributed by atoms with Crippen molar-refractivity contribution in [2.75, 3.05) is 71.8 Å². The molecular formula is C23H31N3O4S. The first-order valence-corrected chi connectivity index (χ1v) is 11.2. The van der Waals surface area contributed by atoms with Crippen molar-refractivity contribution in [1.29, 1.82) is 0 Å². The van der Waals surface area contributed by atoms with Crippen LogP contribution in [0.4, 0.5) is 5.69 Å². The highest BCUT2D eigenvalue weighted by atomic mass is 32.1. The molecule has 7 nitrogen and oxygen atoms in total. The summed E-state index contributed by atoms with van der Waals surface area (Å²) in [6.07, 6.45) is 0. The maximum atomic E-state index is 5.82. The van der Waals surface area contributed by atoms with Crippen molar-refractivity contribution in [3.05, 3.63) is 42.5 Å². The van der Waals surface area contributed by atoms with Gasteiger partial charge in [-0.15, -0.1) is 11.3 Å². The van der Waals surface area contributed by atoms with Crippen LogP contribution in [0.5, 0.6) is 5.75 Å². The number of nitrogens with zero attached hydrogens (tertiary/aromatic N) is 2. The Hall–Kier alpha value is -2.23. The van der Waals surface area contributed by atoms with E-state index in [1.807, 2.05) is 32.3 Å². The Balaban J connectivity index is 1.40. The maximum absolute atomic E-state index is 5.82. The van der Waals surface area contributed by atoms with Crippen molar-refractivity contribution in [3.8, 4) is 16.3 Å². The van der Waals surface area contributed by atoms with E-state index in [-0.39, 0.29) is 0 Å². The molecule has 0 aliphatic rings. The number of anilines is 1. The third kappa shape index (κ3) is 7.45. The molecule has 0 amide bonds. The first-order chi connectivity index (χ1) is 15.2. The summed E-state index contributed by atoms with van der Waals surface area (Å²) in [6, 6.07) is 14.4. The molecule has 0 spiro atoms. The Morgan fingerprint density at radius 1 is 0.839 bits per heavy atom. The van der Waals surface area contributed by atoms with Crippen molar-refractivity contribution >= 4 is 27.2 Å². The van der Waals surface area contributed by atoms with Crippen molar-refractivity contribution in [2.24, 2.45) is 5.73 Å². The highest BCUT2D eigenvalue weighted by Gasteiger charge is 2.08. The number of fused-ring (bicyclic) bond motifs is 1. The van der Waals surface area contributed by atoms with Crippen LogP contribution in [0.25, 0.3) is 20.8 Å². The number of hydrogen-bond donors (Lipinski definition) is 1. The number of thiazole rings is 1. The van der Waals surface area contributed by atoms with Crippen LogP contribution in [0.1, 0.15) is 0 Å². The summed E-state index contributed by atoms with van der Waals surface area (Å²) in [7, 11) is 4.07. The zero-order chi connectivity index (χ0) is 21.9. The first-order valence-electron chi connectivity index (χ1n) is 10.4. The topological polar surface area (TPSA) is 79.1 Å². The van der Waals surface area contributed by atoms with E-state index < -0.39 is 0 Å². The van der Waals surface area contributed by atoms with E-state index >= 15 is 0 Å². The molecule has 2 N–H and O–H groups in total. The average molecular weight is 446 g/mol. The molecule has 0 saturated carbocycles. The van der Waals surface area contributed by atoms with E-state index in [4.69, 9.17) is 29.7 Å². The summed E-state index contributed by atoms with van der Waals surface area (Å²) in [5, 5.41) is 1.01. The second-order valence-corrected chi connectivity index (χ2v) is 8.09. The molecule has 0 saturated heterocycles. The predicted molar refractivity (Wildman–Crippen MR) is 126 cm³/mol. The number of aromatic nitrogens is 1. The fourth-order valence-electron chi connectivity index (χ4n) is 2.86. The quantitative estimate of drug-likeness (QED) is 0.381. The van der Waals surface area contributed by atoms with E-state index in [0.29, 0.717) is 52.8 Å². The first kappa shape index (κ1) is 23.4. The SMILES string of the molecule is CN(C)c1ccc(-c2nc3ccc(OCCOCCOCCOCCN)cc3s2)cc1. The van der Waals surface area contributed by atoms with Crippen LogP contribution in [0.2, 0.25) is 0 Å². The third-order valence-electron chi connectivity index (χ3n) is 4.49. The van der Waals surface area contributed by atoms with Crippen molar-refractivity contribution in [2.45, 2.75) is 0 Å². The molecule has 0 aliphatic heterocycles. The smallest absolute Gasteiger partial charge is 0.124 e. The van der Waals surface area contributed by atoms with Gasteiger partial charge >= 0.3 is 0 Å². The standard InChI is InChI=1S/C23H31N3O4S/c1-26(2)19-5-3-18(4-6-19)23-25-21-8-7-20(17-22(21)31-23)30-16-15-29-14-13-28-12-11-27-10-9-24/h3-8,17H,9-16,24H2,1-2H3. The molecule has 0 atom stereocenters. The highest BCUT2D eigenvalue weighted by Crippen LogP contribution is 2.33. The molecule has 0 aliphatic carbocycles. The highest BCUT2D eigenvalue weighted by molar-refractivity contribution is 7.21. The van der Waals surface area contributed by atoms with Gasteiger partial charge in [-0.25, -0.2) is 4.98 Å². The minimum atomic E-state index is 0.489. The van der Waals surface area contributed by atoms with E-state index in [9.17, 15) is 0 Å². The Bertz CT molecular complexity index is 915. The van der Waals surface area contributed by atoms with Gasteiger partial charge in [0.05, 0.1) is 49.9 Å². The molecule has 8 heteroatoms. The van der Waals surface area contributed by atoms with Gasteiger partial charge in [0.2, 0.25) is 0 Å². The van der Waals surface area contributed by atoms with E-state index in [1.165, 1.54) is 5.69 Å². The van der Waals surface area contributed by atoms with Crippen molar-refractivity contribution < 1.29 is 18.9 Å². The van der Waals surface area contributed by atoms with Crippen LogP contribution in [0.3, 0.4) is 0 Å². The summed E-state index contributed by atoms with van der Waals surface area (Å²) < 4.78 is 23.1. The lowest BCUT2D eigenvalue weighted by Crippen LogP contribution is -2.14. The molecule has 3 aromatic rings. The largest absolute Gasteiger partial charge is 0.491 e. The minimum Gasteiger partial charge on any atom is -0.491 e. The second-order valence-electron chi connectivity index (χ2n) is 7.06. The number of hydrogen-bond acceptors (Lipinski definition) is 8. The molecule has 3 rings (SSSR count). The van der Waals surface area contributed by atoms with Crippen LogP contribution in [-0.2, 0) is 14.2 Å². The minimum absolute atomic E-state index is 0.489. The van der Waals surface area contributed by atoms with Crippen molar-refractivity contribution in [1.82, 2.24) is 4.98 Å². The van der Waals surface area contributed by atoms with E-state index in [0.717, 1.165) is 26.5 Å². The number of ether oxygens (including phenoxy) is 4. The molecule has 0 fully saturated rings. The van der Waals surface area contributed by atoms with Gasteiger partial charge in [-0.05, 0) is 42.5 Å². The summed E-state index contributed by atoms with van der Waals surface area (Å²) in [6.45, 7) is 4.28. The molecule has 168 valence electrons. The lowest BCUT2D eigenvalue weighted by atomic mass is 10.2. The van der Waals surface area contributed by atoms with Gasteiger partial charge in [0.25, 0.3) is 0 Å². The number of rotatable bonds is 14. The van der Waals surface area contributed by atoms with Gasteiger partial charge in [0.15, 0.2) is 0 Å². The van der Waals surface area contributed by atoms with Gasteiger partial charge in [-0.1, -0.05) is 0 Å². The normalized spacial score (nSPS) is 11.2. The molecule has 1 heterocycles. The second kappa shape index (κ2) is 12.6. The predicted octanol–water partition coefficient (Wildman–Crippen LogP) is 3.42. The lowest BCUT2D eigenvalue weighted by Gasteiger charge is -2.11. The molecular weight excluding hydrogens is 414 g/mol. The zero-order valence-corrected chi connectivity index (χ0v) is 19.0.